The van der Waals surface area contributed by atoms with Crippen molar-refractivity contribution >= 4 is 41.7 Å². The van der Waals surface area contributed by atoms with Crippen molar-refractivity contribution in [3.05, 3.63) is 23.9 Å². The zero-order valence-corrected chi connectivity index (χ0v) is 17.9. The summed E-state index contributed by atoms with van der Waals surface area (Å²) < 4.78 is 41.0. The molecule has 0 amide bonds. The van der Waals surface area contributed by atoms with Gasteiger partial charge in [-0.2, -0.15) is 24.9 Å². The minimum atomic E-state index is -4.36. The summed E-state index contributed by atoms with van der Waals surface area (Å²) in [6, 6.07) is 3.13. The topological polar surface area (TPSA) is 49.8 Å². The van der Waals surface area contributed by atoms with E-state index in [1.165, 1.54) is 12.3 Å². The molecular formula is C16H24F3IN4OS. The summed E-state index contributed by atoms with van der Waals surface area (Å²) in [5.74, 6) is 1.87. The lowest BCUT2D eigenvalue weighted by Crippen LogP contribution is -2.47. The van der Waals surface area contributed by atoms with E-state index in [9.17, 15) is 13.2 Å². The summed E-state index contributed by atoms with van der Waals surface area (Å²) in [5.41, 5.74) is 0.846. The van der Waals surface area contributed by atoms with Crippen molar-refractivity contribution in [2.24, 2.45) is 4.99 Å². The normalized spacial score (nSPS) is 18.3. The van der Waals surface area contributed by atoms with Gasteiger partial charge >= 0.3 is 6.18 Å². The van der Waals surface area contributed by atoms with Gasteiger partial charge in [0.1, 0.15) is 0 Å². The predicted molar refractivity (Wildman–Crippen MR) is 110 cm³/mol. The van der Waals surface area contributed by atoms with Crippen LogP contribution in [-0.4, -0.2) is 59.8 Å². The summed E-state index contributed by atoms with van der Waals surface area (Å²) in [6.45, 7) is 3.26. The van der Waals surface area contributed by atoms with E-state index >= 15 is 0 Å². The van der Waals surface area contributed by atoms with E-state index in [1.54, 1.807) is 13.1 Å². The maximum atomic E-state index is 12.1. The van der Waals surface area contributed by atoms with Crippen LogP contribution in [0.25, 0.3) is 0 Å². The molecule has 2 rings (SSSR count). The molecule has 0 saturated carbocycles. The van der Waals surface area contributed by atoms with Crippen LogP contribution in [0.2, 0.25) is 0 Å². The second kappa shape index (κ2) is 11.1. The van der Waals surface area contributed by atoms with E-state index in [2.05, 4.69) is 31.9 Å². The Labute approximate surface area is 173 Å². The molecule has 26 heavy (non-hydrogen) atoms. The summed E-state index contributed by atoms with van der Waals surface area (Å²) >= 11 is 1.99. The quantitative estimate of drug-likeness (QED) is 0.378. The molecule has 0 aromatic carbocycles. The molecule has 1 aromatic rings. The van der Waals surface area contributed by atoms with E-state index in [1.807, 2.05) is 11.8 Å². The van der Waals surface area contributed by atoms with Crippen molar-refractivity contribution in [1.82, 2.24) is 15.2 Å². The fourth-order valence-electron chi connectivity index (χ4n) is 2.43. The second-order valence-corrected chi connectivity index (χ2v) is 7.06. The molecule has 0 bridgehead atoms. The van der Waals surface area contributed by atoms with Crippen LogP contribution in [-0.2, 0) is 6.54 Å². The number of ether oxygens (including phenoxy) is 1. The summed E-state index contributed by atoms with van der Waals surface area (Å²) in [4.78, 5) is 10.5. The molecule has 1 unspecified atom stereocenters. The maximum absolute atomic E-state index is 12.1. The Morgan fingerprint density at radius 2 is 2.23 bits per heavy atom. The van der Waals surface area contributed by atoms with Crippen molar-refractivity contribution in [2.75, 3.05) is 32.5 Å². The van der Waals surface area contributed by atoms with Gasteiger partial charge in [0.05, 0.1) is 0 Å². The van der Waals surface area contributed by atoms with E-state index in [4.69, 9.17) is 0 Å². The molecule has 1 saturated heterocycles. The highest BCUT2D eigenvalue weighted by Crippen LogP contribution is 2.21. The number of nitrogens with zero attached hydrogens (tertiary/aromatic N) is 3. The van der Waals surface area contributed by atoms with Crippen molar-refractivity contribution in [3.8, 4) is 5.88 Å². The lowest BCUT2D eigenvalue weighted by atomic mass is 10.3. The molecule has 0 aliphatic carbocycles. The van der Waals surface area contributed by atoms with Gasteiger partial charge in [-0.1, -0.05) is 13.0 Å². The first-order valence-corrected chi connectivity index (χ1v) is 9.18. The van der Waals surface area contributed by atoms with Gasteiger partial charge in [-0.05, 0) is 12.0 Å². The van der Waals surface area contributed by atoms with Gasteiger partial charge in [-0.25, -0.2) is 4.98 Å². The van der Waals surface area contributed by atoms with Crippen molar-refractivity contribution in [3.63, 3.8) is 0 Å². The number of hydrogen-bond acceptors (Lipinski definition) is 4. The fourth-order valence-corrected chi connectivity index (χ4v) is 3.61. The Balaban J connectivity index is 0.00000338. The van der Waals surface area contributed by atoms with Crippen LogP contribution >= 0.6 is 35.7 Å². The van der Waals surface area contributed by atoms with Gasteiger partial charge < -0.3 is 15.0 Å². The van der Waals surface area contributed by atoms with Crippen molar-refractivity contribution in [2.45, 2.75) is 31.3 Å². The number of nitrogens with one attached hydrogen (secondary N) is 1. The molecule has 5 nitrogen and oxygen atoms in total. The van der Waals surface area contributed by atoms with Crippen LogP contribution in [0.5, 0.6) is 5.88 Å². The largest absolute Gasteiger partial charge is 0.468 e. The Bertz CT molecular complexity index is 572. The smallest absolute Gasteiger partial charge is 0.422 e. The molecule has 0 spiro atoms. The molecule has 148 valence electrons. The Hall–Kier alpha value is -0.910. The molecular weight excluding hydrogens is 480 g/mol. The molecule has 2 heterocycles. The maximum Gasteiger partial charge on any atom is 0.422 e. The number of alkyl halides is 3. The van der Waals surface area contributed by atoms with Crippen LogP contribution in [0.4, 0.5) is 13.2 Å². The summed E-state index contributed by atoms with van der Waals surface area (Å²) in [6.07, 6.45) is -1.73. The first-order valence-electron chi connectivity index (χ1n) is 8.13. The highest BCUT2D eigenvalue weighted by Gasteiger charge is 2.28. The number of guanidine groups is 1. The second-order valence-electron chi connectivity index (χ2n) is 5.66. The molecule has 1 N–H and O–H groups in total. The standard InChI is InChI=1S/C16H23F3N4OS.HI/c1-3-13-10-23(6-7-25-13)15(20-2)22-9-12-4-5-14(21-8-12)24-11-16(17,18)19;/h4-5,8,13H,3,6-7,9-11H2,1-2H3,(H,20,22);1H. The fraction of sp³-hybridized carbons (Fsp3) is 0.625. The number of pyridine rings is 1. The van der Waals surface area contributed by atoms with Crippen molar-refractivity contribution < 1.29 is 17.9 Å². The molecule has 0 radical (unpaired) electrons. The van der Waals surface area contributed by atoms with Gasteiger partial charge in [-0.15, -0.1) is 24.0 Å². The number of rotatable bonds is 5. The lowest BCUT2D eigenvalue weighted by Gasteiger charge is -2.34. The molecule has 1 aliphatic heterocycles. The Morgan fingerprint density at radius 3 is 2.81 bits per heavy atom. The molecule has 1 aliphatic rings. The average Bonchev–Trinajstić information content (AvgIpc) is 2.61. The van der Waals surface area contributed by atoms with Gasteiger partial charge in [0.25, 0.3) is 0 Å². The van der Waals surface area contributed by atoms with Crippen LogP contribution in [0.15, 0.2) is 23.3 Å². The highest BCUT2D eigenvalue weighted by molar-refractivity contribution is 14.0. The number of aromatic nitrogens is 1. The first-order chi connectivity index (χ1) is 11.9. The summed E-state index contributed by atoms with van der Waals surface area (Å²) in [5, 5.41) is 3.89. The monoisotopic (exact) mass is 504 g/mol. The van der Waals surface area contributed by atoms with E-state index in [0.717, 1.165) is 36.8 Å². The Morgan fingerprint density at radius 1 is 1.46 bits per heavy atom. The van der Waals surface area contributed by atoms with Gasteiger partial charge in [0, 0.05) is 49.9 Å². The van der Waals surface area contributed by atoms with Crippen LogP contribution in [0, 0.1) is 0 Å². The minimum Gasteiger partial charge on any atom is -0.468 e. The zero-order chi connectivity index (χ0) is 18.3. The van der Waals surface area contributed by atoms with E-state index in [0.29, 0.717) is 11.8 Å². The highest BCUT2D eigenvalue weighted by atomic mass is 127. The molecule has 10 heteroatoms. The van der Waals surface area contributed by atoms with E-state index in [-0.39, 0.29) is 29.9 Å². The van der Waals surface area contributed by atoms with Gasteiger partial charge in [0.2, 0.25) is 5.88 Å². The predicted octanol–water partition coefficient (Wildman–Crippen LogP) is 3.54. The molecule has 1 fully saturated rings. The Kier molecular flexibility index (Phi) is 9.83. The third-order valence-electron chi connectivity index (χ3n) is 3.74. The zero-order valence-electron chi connectivity index (χ0n) is 14.8. The van der Waals surface area contributed by atoms with Crippen molar-refractivity contribution in [1.29, 1.82) is 0 Å². The number of halogens is 4. The van der Waals surface area contributed by atoms with Crippen LogP contribution in [0.3, 0.4) is 0 Å². The minimum absolute atomic E-state index is 0. The SMILES string of the molecule is CCC1CN(C(=NC)NCc2ccc(OCC(F)(F)F)nc2)CCS1.I. The third kappa shape index (κ3) is 7.77. The van der Waals surface area contributed by atoms with Crippen LogP contribution in [0.1, 0.15) is 18.9 Å². The number of aliphatic imine (C=N–C) groups is 1. The first kappa shape index (κ1) is 23.1. The summed E-state index contributed by atoms with van der Waals surface area (Å²) in [7, 11) is 1.75. The average molecular weight is 504 g/mol. The number of thioether (sulfide) groups is 1. The molecule has 1 aromatic heterocycles. The van der Waals surface area contributed by atoms with Gasteiger partial charge in [0.15, 0.2) is 12.6 Å². The van der Waals surface area contributed by atoms with Crippen LogP contribution < -0.4 is 10.1 Å². The molecule has 1 atom stereocenters. The third-order valence-corrected chi connectivity index (χ3v) is 5.11. The van der Waals surface area contributed by atoms with E-state index < -0.39 is 12.8 Å². The number of hydrogen-bond donors (Lipinski definition) is 1. The lowest BCUT2D eigenvalue weighted by molar-refractivity contribution is -0.154. The van der Waals surface area contributed by atoms with Gasteiger partial charge in [-0.3, -0.25) is 4.99 Å².